The molecule has 0 spiro atoms. The second-order valence-corrected chi connectivity index (χ2v) is 8.56. The molecule has 0 saturated carbocycles. The summed E-state index contributed by atoms with van der Waals surface area (Å²) >= 11 is 0. The van der Waals surface area contributed by atoms with Crippen molar-refractivity contribution < 1.29 is 56.5 Å². The number of benzene rings is 3. The molecule has 0 N–H and O–H groups in total. The average molecular weight is 339 g/mol. The van der Waals surface area contributed by atoms with Gasteiger partial charge in [0.15, 0.2) is 0 Å². The van der Waals surface area contributed by atoms with Gasteiger partial charge in [-0.05, 0) is 15.6 Å². The average Bonchev–Trinajstić information content (AvgIpc) is 2.62. The van der Waals surface area contributed by atoms with Crippen molar-refractivity contribution in [3.8, 4) is 11.7 Å². The molecule has 106 valence electrons. The van der Waals surface area contributed by atoms with E-state index in [0.717, 1.165) is 15.6 Å². The first kappa shape index (κ1) is 18.2. The molecule has 0 aliphatic rings. The second kappa shape index (κ2) is 8.65. The first-order chi connectivity index (χ1) is 10.9. The van der Waals surface area contributed by atoms with Gasteiger partial charge in [0.05, 0.1) is 0 Å². The van der Waals surface area contributed by atoms with Crippen LogP contribution in [0.15, 0.2) is 91.0 Å². The predicted molar refractivity (Wildman–Crippen MR) is 91.8 cm³/mol. The summed E-state index contributed by atoms with van der Waals surface area (Å²) in [6.07, 6.45) is 1.97. The first-order valence-electron chi connectivity index (χ1n) is 7.19. The zero-order chi connectivity index (χ0) is 15.3. The third-order valence-electron chi connectivity index (χ3n) is 3.86. The van der Waals surface area contributed by atoms with Gasteiger partial charge in [-0.15, -0.1) is 5.54 Å². The maximum absolute atomic E-state index is 11.3. The summed E-state index contributed by atoms with van der Waals surface area (Å²) in [5.74, 6) is 0. The number of hydrogen-bond donors (Lipinski definition) is 0. The van der Waals surface area contributed by atoms with Crippen LogP contribution in [0.2, 0.25) is 0 Å². The van der Waals surface area contributed by atoms with Crippen LogP contribution in [0.5, 0.6) is 0 Å². The van der Waals surface area contributed by atoms with Gasteiger partial charge in [-0.1, -0.05) is 91.0 Å². The smallest absolute Gasteiger partial charge is 0.833 e. The molecule has 3 heteroatoms. The van der Waals surface area contributed by atoms with E-state index in [9.17, 15) is 5.11 Å². The molecule has 0 bridgehead atoms. The molecule has 0 aromatic heterocycles. The largest absolute Gasteiger partial charge is 1.00 e. The zero-order valence-corrected chi connectivity index (χ0v) is 17.2. The summed E-state index contributed by atoms with van der Waals surface area (Å²) < 4.78 is 0. The number of hydrogen-bond acceptors (Lipinski definition) is 1. The van der Waals surface area contributed by atoms with Gasteiger partial charge in [0.2, 0.25) is 8.07 Å². The van der Waals surface area contributed by atoms with Crippen LogP contribution < -0.4 is 72.1 Å². The van der Waals surface area contributed by atoms with E-state index in [4.69, 9.17) is 0 Å². The van der Waals surface area contributed by atoms with Crippen molar-refractivity contribution in [2.75, 3.05) is 0 Å². The molecule has 0 atom stereocenters. The Hall–Kier alpha value is -1.13. The third-order valence-corrected chi connectivity index (χ3v) is 7.93. The monoisotopic (exact) mass is 338 g/mol. The summed E-state index contributed by atoms with van der Waals surface area (Å²) in [5, 5.41) is 14.7. The maximum Gasteiger partial charge on any atom is 1.00 e. The minimum absolute atomic E-state index is 0. The van der Waals surface area contributed by atoms with E-state index in [-0.39, 0.29) is 51.4 Å². The van der Waals surface area contributed by atoms with Crippen molar-refractivity contribution in [2.45, 2.75) is 0 Å². The maximum atomic E-state index is 11.3. The summed E-state index contributed by atoms with van der Waals surface area (Å²) in [6, 6.07) is 30.5. The van der Waals surface area contributed by atoms with Gasteiger partial charge in [-0.25, -0.2) is 0 Å². The Balaban J connectivity index is 0.00000192. The SMILES string of the molecule is [K+].[O-]C#C[Si](c1ccccc1)(c1ccccc1)c1ccccc1. The van der Waals surface area contributed by atoms with Crippen LogP contribution in [-0.2, 0) is 0 Å². The molecule has 0 unspecified atom stereocenters. The molecule has 3 aromatic carbocycles. The Kier molecular flexibility index (Phi) is 6.85. The molecular weight excluding hydrogens is 323 g/mol. The Morgan fingerprint density at radius 2 is 0.870 bits per heavy atom. The first-order valence-corrected chi connectivity index (χ1v) is 9.19. The van der Waals surface area contributed by atoms with Crippen LogP contribution in [0.3, 0.4) is 0 Å². The zero-order valence-electron chi connectivity index (χ0n) is 13.1. The minimum Gasteiger partial charge on any atom is -0.833 e. The molecule has 23 heavy (non-hydrogen) atoms. The van der Waals surface area contributed by atoms with E-state index in [0.29, 0.717) is 0 Å². The van der Waals surface area contributed by atoms with Crippen LogP contribution in [0.25, 0.3) is 0 Å². The molecule has 3 rings (SSSR count). The topological polar surface area (TPSA) is 23.1 Å². The molecule has 3 aromatic rings. The van der Waals surface area contributed by atoms with Gasteiger partial charge < -0.3 is 5.11 Å². The van der Waals surface area contributed by atoms with Gasteiger partial charge in [0.25, 0.3) is 0 Å². The van der Waals surface area contributed by atoms with Crippen LogP contribution in [-0.4, -0.2) is 8.07 Å². The minimum atomic E-state index is -2.60. The van der Waals surface area contributed by atoms with E-state index in [1.165, 1.54) is 0 Å². The molecule has 1 nitrogen and oxygen atoms in total. The standard InChI is InChI=1S/C20H16OSi.K/c21-16-17-22(18-10-4-1-5-11-18,19-12-6-2-7-13-19)20-14-8-3-9-15-20;/h1-15,21H;/q;+1/p-1. The van der Waals surface area contributed by atoms with Crippen molar-refractivity contribution in [2.24, 2.45) is 0 Å². The Bertz CT molecular complexity index is 696. The summed E-state index contributed by atoms with van der Waals surface area (Å²) in [6.45, 7) is 0. The molecule has 0 heterocycles. The van der Waals surface area contributed by atoms with E-state index in [1.807, 2.05) is 60.7 Å². The molecule has 0 aliphatic carbocycles. The fraction of sp³-hybridized carbons (Fsp3) is 0. The quantitative estimate of drug-likeness (QED) is 0.308. The Labute approximate surface area is 180 Å². The Morgan fingerprint density at radius 3 is 1.13 bits per heavy atom. The van der Waals surface area contributed by atoms with Crippen molar-refractivity contribution in [3.63, 3.8) is 0 Å². The van der Waals surface area contributed by atoms with Crippen molar-refractivity contribution >= 4 is 23.6 Å². The van der Waals surface area contributed by atoms with Gasteiger partial charge in [-0.3, -0.25) is 0 Å². The summed E-state index contributed by atoms with van der Waals surface area (Å²) in [5.41, 5.74) is 3.08. The summed E-state index contributed by atoms with van der Waals surface area (Å²) in [4.78, 5) is 0. The predicted octanol–water partition coefficient (Wildman–Crippen LogP) is -1.98. The molecular formula is C20H15KOSi. The molecule has 0 fully saturated rings. The van der Waals surface area contributed by atoms with Gasteiger partial charge in [-0.2, -0.15) is 6.11 Å². The third kappa shape index (κ3) is 3.69. The van der Waals surface area contributed by atoms with E-state index in [2.05, 4.69) is 41.9 Å². The van der Waals surface area contributed by atoms with E-state index >= 15 is 0 Å². The normalized spacial score (nSPS) is 10.1. The van der Waals surface area contributed by atoms with E-state index in [1.54, 1.807) is 0 Å². The fourth-order valence-corrected chi connectivity index (χ4v) is 6.52. The molecule has 0 radical (unpaired) electrons. The van der Waals surface area contributed by atoms with Crippen molar-refractivity contribution in [1.29, 1.82) is 0 Å². The van der Waals surface area contributed by atoms with Crippen molar-refractivity contribution in [1.82, 2.24) is 0 Å². The van der Waals surface area contributed by atoms with Gasteiger partial charge >= 0.3 is 51.4 Å². The Morgan fingerprint density at radius 1 is 0.565 bits per heavy atom. The number of rotatable bonds is 3. The molecule has 0 amide bonds. The van der Waals surface area contributed by atoms with E-state index < -0.39 is 8.07 Å². The van der Waals surface area contributed by atoms with Crippen LogP contribution >= 0.6 is 0 Å². The van der Waals surface area contributed by atoms with Crippen LogP contribution in [0, 0.1) is 11.7 Å². The summed E-state index contributed by atoms with van der Waals surface area (Å²) in [7, 11) is -2.60. The fourth-order valence-electron chi connectivity index (χ4n) is 2.86. The molecule has 0 saturated heterocycles. The van der Waals surface area contributed by atoms with Crippen molar-refractivity contribution in [3.05, 3.63) is 91.0 Å². The second-order valence-electron chi connectivity index (χ2n) is 5.08. The van der Waals surface area contributed by atoms with Gasteiger partial charge in [0, 0.05) is 0 Å². The van der Waals surface area contributed by atoms with Crippen LogP contribution in [0.4, 0.5) is 0 Å². The van der Waals surface area contributed by atoms with Crippen LogP contribution in [0.1, 0.15) is 0 Å². The van der Waals surface area contributed by atoms with Gasteiger partial charge in [0.1, 0.15) is 0 Å². The molecule has 0 aliphatic heterocycles.